The summed E-state index contributed by atoms with van der Waals surface area (Å²) in [7, 11) is 0. The highest BCUT2D eigenvalue weighted by Gasteiger charge is 2.13. The second kappa shape index (κ2) is 7.45. The lowest BCUT2D eigenvalue weighted by atomic mass is 10.3. The lowest BCUT2D eigenvalue weighted by molar-refractivity contribution is -0.119. The van der Waals surface area contributed by atoms with Gasteiger partial charge in [-0.15, -0.1) is 0 Å². The molecule has 0 spiro atoms. The van der Waals surface area contributed by atoms with E-state index in [4.69, 9.17) is 39.5 Å². The van der Waals surface area contributed by atoms with E-state index in [1.54, 1.807) is 18.2 Å². The first kappa shape index (κ1) is 16.5. The summed E-state index contributed by atoms with van der Waals surface area (Å²) < 4.78 is 4.87. The van der Waals surface area contributed by atoms with E-state index in [2.05, 4.69) is 10.3 Å². The molecule has 1 N–H and O–H groups in total. The van der Waals surface area contributed by atoms with E-state index in [0.717, 1.165) is 0 Å². The fourth-order valence-corrected chi connectivity index (χ4v) is 2.20. The van der Waals surface area contributed by atoms with Crippen LogP contribution >= 0.6 is 34.8 Å². The molecule has 1 heterocycles. The van der Waals surface area contributed by atoms with Gasteiger partial charge in [0.2, 0.25) is 0 Å². The largest absolute Gasteiger partial charge is 0.452 e. The van der Waals surface area contributed by atoms with Crippen molar-refractivity contribution >= 4 is 52.4 Å². The highest BCUT2D eigenvalue weighted by atomic mass is 35.5. The summed E-state index contributed by atoms with van der Waals surface area (Å²) in [5.74, 6) is -1.26. The van der Waals surface area contributed by atoms with Crippen LogP contribution in [0.15, 0.2) is 36.5 Å². The van der Waals surface area contributed by atoms with Gasteiger partial charge in [-0.25, -0.2) is 9.78 Å². The van der Waals surface area contributed by atoms with Gasteiger partial charge < -0.3 is 10.1 Å². The van der Waals surface area contributed by atoms with Crippen molar-refractivity contribution in [3.63, 3.8) is 0 Å². The predicted octanol–water partition coefficient (Wildman–Crippen LogP) is 3.84. The molecule has 0 radical (unpaired) electrons. The normalized spacial score (nSPS) is 10.1. The maximum Gasteiger partial charge on any atom is 0.338 e. The van der Waals surface area contributed by atoms with Gasteiger partial charge in [0.25, 0.3) is 5.91 Å². The summed E-state index contributed by atoms with van der Waals surface area (Å²) in [6, 6.07) is 7.57. The van der Waals surface area contributed by atoms with Crippen molar-refractivity contribution in [1.82, 2.24) is 4.98 Å². The zero-order chi connectivity index (χ0) is 16.1. The quantitative estimate of drug-likeness (QED) is 0.665. The molecule has 2 aromatic rings. The molecule has 0 saturated heterocycles. The number of esters is 1. The lowest BCUT2D eigenvalue weighted by Gasteiger charge is -2.09. The van der Waals surface area contributed by atoms with Gasteiger partial charge in [0.1, 0.15) is 5.15 Å². The van der Waals surface area contributed by atoms with E-state index in [-0.39, 0.29) is 26.4 Å². The number of amides is 1. The van der Waals surface area contributed by atoms with Crippen LogP contribution in [0.2, 0.25) is 15.2 Å². The van der Waals surface area contributed by atoms with Crippen LogP contribution in [0.4, 0.5) is 5.69 Å². The Balaban J connectivity index is 1.94. The topological polar surface area (TPSA) is 68.3 Å². The average Bonchev–Trinajstić information content (AvgIpc) is 2.48. The fraction of sp³-hybridized carbons (Fsp3) is 0.0714. The maximum atomic E-state index is 11.8. The van der Waals surface area contributed by atoms with Gasteiger partial charge in [-0.2, -0.15) is 0 Å². The third-order valence-electron chi connectivity index (χ3n) is 2.52. The second-order valence-corrected chi connectivity index (χ2v) is 5.29. The number of ether oxygens (including phenoxy) is 1. The van der Waals surface area contributed by atoms with Crippen LogP contribution in [-0.2, 0) is 9.53 Å². The Hall–Kier alpha value is -1.82. The number of carbonyl (C=O) groups excluding carboxylic acids is 2. The van der Waals surface area contributed by atoms with Crippen molar-refractivity contribution < 1.29 is 14.3 Å². The molecule has 114 valence electrons. The SMILES string of the molecule is O=C(COC(=O)c1ccnc(Cl)c1)Nc1c(Cl)cccc1Cl. The van der Waals surface area contributed by atoms with Gasteiger partial charge in [-0.05, 0) is 24.3 Å². The van der Waals surface area contributed by atoms with Crippen LogP contribution in [-0.4, -0.2) is 23.5 Å². The van der Waals surface area contributed by atoms with Gasteiger partial charge >= 0.3 is 5.97 Å². The maximum absolute atomic E-state index is 11.8. The molecule has 0 atom stereocenters. The third-order valence-corrected chi connectivity index (χ3v) is 3.36. The van der Waals surface area contributed by atoms with Crippen LogP contribution in [0.25, 0.3) is 0 Å². The molecule has 22 heavy (non-hydrogen) atoms. The molecule has 0 bridgehead atoms. The Morgan fingerprint density at radius 1 is 1.14 bits per heavy atom. The van der Waals surface area contributed by atoms with Gasteiger partial charge in [-0.3, -0.25) is 4.79 Å². The monoisotopic (exact) mass is 358 g/mol. The van der Waals surface area contributed by atoms with E-state index in [1.165, 1.54) is 18.3 Å². The average molecular weight is 360 g/mol. The van der Waals surface area contributed by atoms with Crippen molar-refractivity contribution in [2.24, 2.45) is 0 Å². The summed E-state index contributed by atoms with van der Waals surface area (Å²) in [5, 5.41) is 3.20. The Bertz CT molecular complexity index is 702. The number of halogens is 3. The lowest BCUT2D eigenvalue weighted by Crippen LogP contribution is -2.21. The van der Waals surface area contributed by atoms with E-state index in [9.17, 15) is 9.59 Å². The van der Waals surface area contributed by atoms with Crippen molar-refractivity contribution in [2.45, 2.75) is 0 Å². The molecule has 0 saturated carbocycles. The zero-order valence-corrected chi connectivity index (χ0v) is 13.2. The van der Waals surface area contributed by atoms with Gasteiger partial charge in [0.05, 0.1) is 21.3 Å². The minimum Gasteiger partial charge on any atom is -0.452 e. The molecule has 1 amide bonds. The van der Waals surface area contributed by atoms with Crippen molar-refractivity contribution in [2.75, 3.05) is 11.9 Å². The number of hydrogen-bond donors (Lipinski definition) is 1. The number of nitrogens with zero attached hydrogens (tertiary/aromatic N) is 1. The van der Waals surface area contributed by atoms with E-state index >= 15 is 0 Å². The third kappa shape index (κ3) is 4.34. The second-order valence-electron chi connectivity index (χ2n) is 4.09. The summed E-state index contributed by atoms with van der Waals surface area (Å²) in [4.78, 5) is 27.3. The molecular weight excluding hydrogens is 351 g/mol. The number of carbonyl (C=O) groups is 2. The Morgan fingerprint density at radius 2 is 1.82 bits per heavy atom. The highest BCUT2D eigenvalue weighted by Crippen LogP contribution is 2.29. The van der Waals surface area contributed by atoms with Crippen LogP contribution in [0.3, 0.4) is 0 Å². The zero-order valence-electron chi connectivity index (χ0n) is 11.0. The van der Waals surface area contributed by atoms with Crippen molar-refractivity contribution in [3.05, 3.63) is 57.3 Å². The first-order valence-electron chi connectivity index (χ1n) is 6.00. The Labute approximate surface area is 141 Å². The number of para-hydroxylation sites is 1. The standard InChI is InChI=1S/C14H9Cl3N2O3/c15-9-2-1-3-10(16)13(9)19-12(20)7-22-14(21)8-4-5-18-11(17)6-8/h1-6H,7H2,(H,19,20). The number of hydrogen-bond acceptors (Lipinski definition) is 4. The molecule has 5 nitrogen and oxygen atoms in total. The first-order chi connectivity index (χ1) is 10.5. The molecule has 1 aromatic heterocycles. The molecule has 0 unspecified atom stereocenters. The molecule has 2 rings (SSSR count). The summed E-state index contributed by atoms with van der Waals surface area (Å²) in [5.41, 5.74) is 0.461. The smallest absolute Gasteiger partial charge is 0.338 e. The van der Waals surface area contributed by atoms with E-state index in [0.29, 0.717) is 0 Å². The van der Waals surface area contributed by atoms with Gasteiger partial charge in [0, 0.05) is 6.20 Å². The predicted molar refractivity (Wildman–Crippen MR) is 84.6 cm³/mol. The van der Waals surface area contributed by atoms with E-state index in [1.807, 2.05) is 0 Å². The van der Waals surface area contributed by atoms with Crippen molar-refractivity contribution in [1.29, 1.82) is 0 Å². The molecule has 0 fully saturated rings. The summed E-state index contributed by atoms with van der Waals surface area (Å²) in [6.45, 7) is -0.486. The number of benzene rings is 1. The Kier molecular flexibility index (Phi) is 5.60. The number of nitrogens with one attached hydrogen (secondary N) is 1. The number of rotatable bonds is 4. The minimum absolute atomic E-state index is 0.154. The molecule has 8 heteroatoms. The van der Waals surface area contributed by atoms with Gasteiger partial charge in [0.15, 0.2) is 6.61 Å². The Morgan fingerprint density at radius 3 is 2.45 bits per heavy atom. The molecule has 0 aliphatic heterocycles. The highest BCUT2D eigenvalue weighted by molar-refractivity contribution is 6.39. The van der Waals surface area contributed by atoms with Crippen LogP contribution in [0, 0.1) is 0 Å². The van der Waals surface area contributed by atoms with Crippen LogP contribution in [0.1, 0.15) is 10.4 Å². The summed E-state index contributed by atoms with van der Waals surface area (Å²) >= 11 is 17.5. The van der Waals surface area contributed by atoms with Crippen LogP contribution in [0.5, 0.6) is 0 Å². The first-order valence-corrected chi connectivity index (χ1v) is 7.13. The molecular formula is C14H9Cl3N2O3. The minimum atomic E-state index is -0.690. The van der Waals surface area contributed by atoms with E-state index < -0.39 is 18.5 Å². The fourth-order valence-electron chi connectivity index (χ4n) is 1.54. The van der Waals surface area contributed by atoms with Crippen molar-refractivity contribution in [3.8, 4) is 0 Å². The number of pyridine rings is 1. The van der Waals surface area contributed by atoms with Gasteiger partial charge in [-0.1, -0.05) is 40.9 Å². The molecule has 0 aliphatic carbocycles. The molecule has 1 aromatic carbocycles. The number of aromatic nitrogens is 1. The van der Waals surface area contributed by atoms with Crippen LogP contribution < -0.4 is 5.32 Å². The summed E-state index contributed by atoms with van der Waals surface area (Å²) in [6.07, 6.45) is 1.36. The number of anilines is 1. The molecule has 0 aliphatic rings.